The molecule has 0 N–H and O–H groups in total. The molecule has 2 aromatic rings. The van der Waals surface area contributed by atoms with Gasteiger partial charge in [-0.3, -0.25) is 0 Å². The number of rotatable bonds is 0. The highest BCUT2D eigenvalue weighted by Crippen LogP contribution is 2.24. The van der Waals surface area contributed by atoms with E-state index in [1.807, 2.05) is 0 Å². The van der Waals surface area contributed by atoms with Crippen LogP contribution in [0.4, 0.5) is 0 Å². The molecule has 0 fully saturated rings. The summed E-state index contributed by atoms with van der Waals surface area (Å²) >= 11 is 12.7. The molecular weight excluding hydrogens is 205 g/mol. The third-order valence-electron chi connectivity index (χ3n) is 1.12. The second-order valence-corrected chi connectivity index (χ2v) is 3.34. The van der Waals surface area contributed by atoms with Crippen molar-refractivity contribution in [2.45, 2.75) is 0 Å². The molecule has 0 aliphatic rings. The quantitative estimate of drug-likeness (QED) is 0.490. The smallest absolute Gasteiger partial charge is 0.225 e. The Morgan fingerprint density at radius 3 is 2.91 bits per heavy atom. The molecule has 0 bridgehead atoms. The summed E-state index contributed by atoms with van der Waals surface area (Å²) < 4.78 is 0.774. The molecule has 0 atom stereocenters. The zero-order valence-corrected chi connectivity index (χ0v) is 7.41. The van der Waals surface area contributed by atoms with Crippen molar-refractivity contribution in [2.24, 2.45) is 0 Å². The topological polar surface area (TPSA) is 38.7 Å². The zero-order valence-electron chi connectivity index (χ0n) is 5.08. The van der Waals surface area contributed by atoms with Crippen molar-refractivity contribution < 1.29 is 0 Å². The molecule has 0 radical (unpaired) electrons. The summed E-state index contributed by atoms with van der Waals surface area (Å²) in [6, 6.07) is 0. The van der Waals surface area contributed by atoms with Gasteiger partial charge in [0.25, 0.3) is 0 Å². The summed E-state index contributed by atoms with van der Waals surface area (Å²) in [6.45, 7) is 0. The lowest BCUT2D eigenvalue weighted by atomic mass is 10.6. The summed E-state index contributed by atoms with van der Waals surface area (Å²) in [7, 11) is 0. The average Bonchev–Trinajstić information content (AvgIpc) is 2.34. The minimum Gasteiger partial charge on any atom is -0.225 e. The molecule has 0 saturated heterocycles. The number of aromatic nitrogens is 3. The van der Waals surface area contributed by atoms with E-state index in [1.54, 1.807) is 5.51 Å². The summed E-state index contributed by atoms with van der Waals surface area (Å²) in [5, 5.41) is 0.496. The summed E-state index contributed by atoms with van der Waals surface area (Å²) in [5.74, 6) is 0. The monoisotopic (exact) mass is 205 g/mol. The van der Waals surface area contributed by atoms with Gasteiger partial charge in [0.15, 0.2) is 10.8 Å². The van der Waals surface area contributed by atoms with Crippen molar-refractivity contribution in [1.82, 2.24) is 15.0 Å². The maximum absolute atomic E-state index is 5.74. The van der Waals surface area contributed by atoms with Gasteiger partial charge in [0.1, 0.15) is 4.70 Å². The molecule has 0 saturated carbocycles. The van der Waals surface area contributed by atoms with Crippen LogP contribution in [0.5, 0.6) is 0 Å². The summed E-state index contributed by atoms with van der Waals surface area (Å²) in [4.78, 5) is 11.6. The zero-order chi connectivity index (χ0) is 7.84. The fraction of sp³-hybridized carbons (Fsp3) is 0. The summed E-state index contributed by atoms with van der Waals surface area (Å²) in [6.07, 6.45) is 0. The van der Waals surface area contributed by atoms with E-state index < -0.39 is 0 Å². The number of fused-ring (bicyclic) bond motifs is 1. The molecule has 56 valence electrons. The van der Waals surface area contributed by atoms with Crippen LogP contribution in [0.1, 0.15) is 0 Å². The molecule has 2 rings (SSSR count). The first-order valence-corrected chi connectivity index (χ1v) is 4.33. The minimum atomic E-state index is 0.133. The van der Waals surface area contributed by atoms with Gasteiger partial charge in [0.05, 0.1) is 5.51 Å². The molecule has 2 heterocycles. The lowest BCUT2D eigenvalue weighted by Gasteiger charge is -1.90. The Hall–Kier alpha value is -0.450. The van der Waals surface area contributed by atoms with Gasteiger partial charge in [-0.15, -0.1) is 11.3 Å². The molecule has 0 aliphatic heterocycles. The van der Waals surface area contributed by atoms with Crippen LogP contribution >= 0.6 is 34.5 Å². The Morgan fingerprint density at radius 2 is 2.09 bits per heavy atom. The maximum atomic E-state index is 5.74. The Labute approximate surface area is 76.0 Å². The van der Waals surface area contributed by atoms with Crippen LogP contribution in [0.15, 0.2) is 5.51 Å². The van der Waals surface area contributed by atoms with Crippen LogP contribution in [0.3, 0.4) is 0 Å². The van der Waals surface area contributed by atoms with Crippen molar-refractivity contribution in [3.63, 3.8) is 0 Å². The van der Waals surface area contributed by atoms with Gasteiger partial charge in [-0.25, -0.2) is 9.97 Å². The van der Waals surface area contributed by atoms with Gasteiger partial charge in [-0.2, -0.15) is 4.98 Å². The molecule has 3 nitrogen and oxygen atoms in total. The van der Waals surface area contributed by atoms with E-state index in [0.29, 0.717) is 10.8 Å². The van der Waals surface area contributed by atoms with Gasteiger partial charge in [-0.1, -0.05) is 11.6 Å². The van der Waals surface area contributed by atoms with Gasteiger partial charge in [0.2, 0.25) is 5.28 Å². The van der Waals surface area contributed by atoms with Crippen LogP contribution in [0.25, 0.3) is 10.3 Å². The van der Waals surface area contributed by atoms with Crippen LogP contribution < -0.4 is 0 Å². The first kappa shape index (κ1) is 7.21. The molecule has 6 heteroatoms. The normalized spacial score (nSPS) is 10.7. The molecule has 0 aromatic carbocycles. The van der Waals surface area contributed by atoms with Crippen LogP contribution in [0, 0.1) is 0 Å². The predicted molar refractivity (Wildman–Crippen MR) is 45.2 cm³/mol. The molecule has 0 unspecified atom stereocenters. The highest BCUT2D eigenvalue weighted by Gasteiger charge is 2.05. The van der Waals surface area contributed by atoms with Crippen molar-refractivity contribution >= 4 is 44.9 Å². The second kappa shape index (κ2) is 2.55. The lowest BCUT2D eigenvalue weighted by molar-refractivity contribution is 1.20. The van der Waals surface area contributed by atoms with E-state index in [4.69, 9.17) is 23.2 Å². The molecule has 11 heavy (non-hydrogen) atoms. The Bertz CT molecular complexity index is 400. The molecule has 0 amide bonds. The number of hydrogen-bond acceptors (Lipinski definition) is 4. The van der Waals surface area contributed by atoms with Crippen molar-refractivity contribution in [2.75, 3.05) is 0 Å². The maximum Gasteiger partial charge on any atom is 0.225 e. The first-order valence-electron chi connectivity index (χ1n) is 2.69. The highest BCUT2D eigenvalue weighted by molar-refractivity contribution is 7.17. The fourth-order valence-electron chi connectivity index (χ4n) is 0.705. The van der Waals surface area contributed by atoms with E-state index in [0.717, 1.165) is 4.70 Å². The van der Waals surface area contributed by atoms with Gasteiger partial charge >= 0.3 is 0 Å². The molecule has 2 aromatic heterocycles. The Kier molecular flexibility index (Phi) is 1.67. The van der Waals surface area contributed by atoms with Crippen LogP contribution in [0.2, 0.25) is 10.4 Å². The SMILES string of the molecule is Clc1nc(Cl)c2scnc2n1. The number of nitrogens with zero attached hydrogens (tertiary/aromatic N) is 3. The van der Waals surface area contributed by atoms with E-state index >= 15 is 0 Å². The molecule has 0 aliphatic carbocycles. The lowest BCUT2D eigenvalue weighted by Crippen LogP contribution is -1.83. The first-order chi connectivity index (χ1) is 5.27. The summed E-state index contributed by atoms with van der Waals surface area (Å²) in [5.41, 5.74) is 2.21. The Balaban J connectivity index is 2.91. The third-order valence-corrected chi connectivity index (χ3v) is 2.50. The third kappa shape index (κ3) is 1.17. The largest absolute Gasteiger partial charge is 0.225 e. The van der Waals surface area contributed by atoms with E-state index in [1.165, 1.54) is 11.3 Å². The number of thiazole rings is 1. The average molecular weight is 206 g/mol. The standard InChI is InChI=1S/C5HCl2N3S/c6-3-2-4(8-1-11-2)10-5(7)9-3/h1H. The molecular formula is C5HCl2N3S. The number of halogens is 2. The van der Waals surface area contributed by atoms with Crippen molar-refractivity contribution in [3.05, 3.63) is 15.9 Å². The van der Waals surface area contributed by atoms with Crippen LogP contribution in [-0.2, 0) is 0 Å². The predicted octanol–water partition coefficient (Wildman–Crippen LogP) is 2.39. The van der Waals surface area contributed by atoms with Crippen LogP contribution in [-0.4, -0.2) is 15.0 Å². The van der Waals surface area contributed by atoms with Crippen molar-refractivity contribution in [1.29, 1.82) is 0 Å². The van der Waals surface area contributed by atoms with Crippen molar-refractivity contribution in [3.8, 4) is 0 Å². The van der Waals surface area contributed by atoms with Gasteiger partial charge in [0, 0.05) is 0 Å². The Morgan fingerprint density at radius 1 is 1.27 bits per heavy atom. The number of hydrogen-bond donors (Lipinski definition) is 0. The van der Waals surface area contributed by atoms with E-state index in [-0.39, 0.29) is 5.28 Å². The minimum absolute atomic E-state index is 0.133. The van der Waals surface area contributed by atoms with E-state index in [2.05, 4.69) is 15.0 Å². The van der Waals surface area contributed by atoms with Gasteiger partial charge in [-0.05, 0) is 11.6 Å². The molecule has 0 spiro atoms. The highest BCUT2D eigenvalue weighted by atomic mass is 35.5. The second-order valence-electron chi connectivity index (χ2n) is 1.79. The van der Waals surface area contributed by atoms with Gasteiger partial charge < -0.3 is 0 Å². The fourth-order valence-corrected chi connectivity index (χ4v) is 1.82. The van der Waals surface area contributed by atoms with E-state index in [9.17, 15) is 0 Å².